The number of amides is 2. The van der Waals surface area contributed by atoms with E-state index in [4.69, 9.17) is 4.43 Å². The van der Waals surface area contributed by atoms with Crippen molar-refractivity contribution in [3.05, 3.63) is 34.9 Å². The van der Waals surface area contributed by atoms with Crippen LogP contribution in [-0.4, -0.2) is 26.2 Å². The van der Waals surface area contributed by atoms with E-state index in [1.807, 2.05) is 12.1 Å². The number of rotatable bonds is 3. The Morgan fingerprint density at radius 1 is 1.12 bits per heavy atom. The van der Waals surface area contributed by atoms with Crippen LogP contribution in [0, 0.1) is 0 Å². The van der Waals surface area contributed by atoms with Crippen LogP contribution in [0.3, 0.4) is 0 Å². The third-order valence-corrected chi connectivity index (χ3v) is 10.4. The summed E-state index contributed by atoms with van der Waals surface area (Å²) >= 11 is 0. The number of hydrogen-bond donors (Lipinski definition) is 1. The minimum Gasteiger partial charge on any atom is -0.414 e. The van der Waals surface area contributed by atoms with Gasteiger partial charge in [-0.2, -0.15) is 0 Å². The van der Waals surface area contributed by atoms with Crippen molar-refractivity contribution < 1.29 is 14.0 Å². The number of fused-ring (bicyclic) bond motifs is 1. The minimum absolute atomic E-state index is 0.200. The first-order chi connectivity index (χ1) is 11.1. The van der Waals surface area contributed by atoms with Crippen molar-refractivity contribution in [2.45, 2.75) is 70.2 Å². The smallest absolute Gasteiger partial charge is 0.259 e. The zero-order chi connectivity index (χ0) is 17.7. The summed E-state index contributed by atoms with van der Waals surface area (Å²) in [6.07, 6.45) is 3.23. The number of carbonyl (C=O) groups is 2. The van der Waals surface area contributed by atoms with Crippen molar-refractivity contribution >= 4 is 20.1 Å². The molecule has 0 spiro atoms. The predicted octanol–water partition coefficient (Wildman–Crippen LogP) is 4.23. The van der Waals surface area contributed by atoms with Crippen molar-refractivity contribution in [3.63, 3.8) is 0 Å². The van der Waals surface area contributed by atoms with Gasteiger partial charge in [-0.1, -0.05) is 32.9 Å². The maximum Gasteiger partial charge on any atom is 0.259 e. The SMILES string of the molecule is CC(C)(C)[Si](C)(C)OC1CCC(c2cccc3c2C(=O)NC3=O)C1. The van der Waals surface area contributed by atoms with Crippen LogP contribution in [0.15, 0.2) is 18.2 Å². The molecule has 2 atom stereocenters. The van der Waals surface area contributed by atoms with Gasteiger partial charge >= 0.3 is 0 Å². The molecule has 1 aromatic rings. The van der Waals surface area contributed by atoms with Gasteiger partial charge < -0.3 is 4.43 Å². The Kier molecular flexibility index (Phi) is 4.20. The van der Waals surface area contributed by atoms with E-state index in [0.717, 1.165) is 24.8 Å². The van der Waals surface area contributed by atoms with Crippen LogP contribution in [0.5, 0.6) is 0 Å². The van der Waals surface area contributed by atoms with Crippen LogP contribution in [0.25, 0.3) is 0 Å². The molecule has 24 heavy (non-hydrogen) atoms. The van der Waals surface area contributed by atoms with Crippen molar-refractivity contribution in [3.8, 4) is 0 Å². The Labute approximate surface area is 145 Å². The van der Waals surface area contributed by atoms with E-state index in [0.29, 0.717) is 17.0 Å². The molecule has 0 saturated heterocycles. The highest BCUT2D eigenvalue weighted by molar-refractivity contribution is 6.74. The Hall–Kier alpha value is -1.46. The summed E-state index contributed by atoms with van der Waals surface area (Å²) in [5.41, 5.74) is 2.11. The summed E-state index contributed by atoms with van der Waals surface area (Å²) in [6, 6.07) is 5.61. The normalized spacial score (nSPS) is 24.2. The number of benzene rings is 1. The van der Waals surface area contributed by atoms with Crippen molar-refractivity contribution in [2.75, 3.05) is 0 Å². The van der Waals surface area contributed by atoms with E-state index in [2.05, 4.69) is 39.2 Å². The van der Waals surface area contributed by atoms with E-state index in [1.165, 1.54) is 0 Å². The summed E-state index contributed by atoms with van der Waals surface area (Å²) in [7, 11) is -1.78. The molecule has 1 N–H and O–H groups in total. The molecule has 1 saturated carbocycles. The van der Waals surface area contributed by atoms with Crippen LogP contribution >= 0.6 is 0 Å². The molecule has 3 rings (SSSR count). The average molecular weight is 346 g/mol. The Balaban J connectivity index is 1.79. The molecule has 1 aliphatic heterocycles. The molecule has 1 aromatic carbocycles. The van der Waals surface area contributed by atoms with Crippen LogP contribution in [-0.2, 0) is 4.43 Å². The van der Waals surface area contributed by atoms with E-state index in [-0.39, 0.29) is 23.0 Å². The fourth-order valence-corrected chi connectivity index (χ4v) is 4.91. The molecule has 0 aromatic heterocycles. The second-order valence-electron chi connectivity index (χ2n) is 8.56. The largest absolute Gasteiger partial charge is 0.414 e. The number of carbonyl (C=O) groups excluding carboxylic acids is 2. The first kappa shape index (κ1) is 17.4. The molecule has 2 aliphatic rings. The van der Waals surface area contributed by atoms with Crippen LogP contribution in [0.2, 0.25) is 18.1 Å². The monoisotopic (exact) mass is 345 g/mol. The summed E-state index contributed by atoms with van der Waals surface area (Å²) in [5, 5.41) is 2.61. The van der Waals surface area contributed by atoms with E-state index < -0.39 is 8.32 Å². The highest BCUT2D eigenvalue weighted by Gasteiger charge is 2.41. The van der Waals surface area contributed by atoms with Gasteiger partial charge in [0, 0.05) is 6.10 Å². The van der Waals surface area contributed by atoms with Crippen molar-refractivity contribution in [1.82, 2.24) is 5.32 Å². The zero-order valence-corrected chi connectivity index (χ0v) is 16.2. The first-order valence-corrected chi connectivity index (χ1v) is 11.7. The van der Waals surface area contributed by atoms with Gasteiger partial charge in [-0.3, -0.25) is 14.9 Å². The lowest BCUT2D eigenvalue weighted by atomic mass is 9.91. The van der Waals surface area contributed by atoms with Crippen molar-refractivity contribution in [1.29, 1.82) is 0 Å². The molecular formula is C19H27NO3Si. The quantitative estimate of drug-likeness (QED) is 0.659. The molecule has 4 nitrogen and oxygen atoms in total. The lowest BCUT2D eigenvalue weighted by Gasteiger charge is -2.38. The van der Waals surface area contributed by atoms with E-state index >= 15 is 0 Å². The summed E-state index contributed by atoms with van der Waals surface area (Å²) in [5.74, 6) is -0.227. The van der Waals surface area contributed by atoms with Crippen molar-refractivity contribution in [2.24, 2.45) is 0 Å². The van der Waals surface area contributed by atoms with Crippen LogP contribution in [0.1, 0.15) is 72.2 Å². The fourth-order valence-electron chi connectivity index (χ4n) is 3.51. The highest BCUT2D eigenvalue weighted by Crippen LogP contribution is 2.43. The number of nitrogens with one attached hydrogen (secondary N) is 1. The molecule has 0 radical (unpaired) electrons. The molecule has 1 fully saturated rings. The zero-order valence-electron chi connectivity index (χ0n) is 15.2. The fraction of sp³-hybridized carbons (Fsp3) is 0.579. The number of imide groups is 1. The number of hydrogen-bond acceptors (Lipinski definition) is 3. The summed E-state index contributed by atoms with van der Waals surface area (Å²) in [4.78, 5) is 24.0. The predicted molar refractivity (Wildman–Crippen MR) is 96.9 cm³/mol. The lowest BCUT2D eigenvalue weighted by Crippen LogP contribution is -2.43. The molecule has 1 heterocycles. The molecular weight excluding hydrogens is 318 g/mol. The molecule has 1 aliphatic carbocycles. The minimum atomic E-state index is -1.78. The van der Waals surface area contributed by atoms with Gasteiger partial charge in [0.25, 0.3) is 11.8 Å². The second kappa shape index (κ2) is 5.81. The van der Waals surface area contributed by atoms with Gasteiger partial charge in [0.2, 0.25) is 0 Å². The third-order valence-electron chi connectivity index (χ3n) is 5.89. The second-order valence-corrected chi connectivity index (χ2v) is 13.3. The maximum absolute atomic E-state index is 12.1. The summed E-state index contributed by atoms with van der Waals surface area (Å²) < 4.78 is 6.55. The standard InChI is InChI=1S/C19H27NO3Si/c1-19(2,3)24(4,5)23-13-10-9-12(11-13)14-7-6-8-15-16(14)18(22)20-17(15)21/h6-8,12-13H,9-11H2,1-5H3,(H,20,21,22). The topological polar surface area (TPSA) is 55.4 Å². The van der Waals surface area contributed by atoms with Gasteiger partial charge in [0.15, 0.2) is 8.32 Å². The Bertz CT molecular complexity index is 690. The van der Waals surface area contributed by atoms with Gasteiger partial charge in [-0.25, -0.2) is 0 Å². The Morgan fingerprint density at radius 2 is 1.83 bits per heavy atom. The molecule has 130 valence electrons. The third kappa shape index (κ3) is 2.95. The van der Waals surface area contributed by atoms with Gasteiger partial charge in [-0.05, 0) is 54.9 Å². The first-order valence-electron chi connectivity index (χ1n) is 8.76. The van der Waals surface area contributed by atoms with Crippen LogP contribution < -0.4 is 5.32 Å². The van der Waals surface area contributed by atoms with Gasteiger partial charge in [0.1, 0.15) is 0 Å². The van der Waals surface area contributed by atoms with Gasteiger partial charge in [-0.15, -0.1) is 0 Å². The van der Waals surface area contributed by atoms with E-state index in [9.17, 15) is 9.59 Å². The Morgan fingerprint density at radius 3 is 2.50 bits per heavy atom. The molecule has 0 bridgehead atoms. The lowest BCUT2D eigenvalue weighted by molar-refractivity contribution is 0.0879. The average Bonchev–Trinajstić information content (AvgIpc) is 3.03. The highest BCUT2D eigenvalue weighted by atomic mass is 28.4. The van der Waals surface area contributed by atoms with Crippen LogP contribution in [0.4, 0.5) is 0 Å². The molecule has 2 unspecified atom stereocenters. The van der Waals surface area contributed by atoms with E-state index in [1.54, 1.807) is 6.07 Å². The summed E-state index contributed by atoms with van der Waals surface area (Å²) in [6.45, 7) is 11.3. The molecule has 2 amide bonds. The van der Waals surface area contributed by atoms with Gasteiger partial charge in [0.05, 0.1) is 11.1 Å². The maximum atomic E-state index is 12.1. The molecule has 5 heteroatoms.